The van der Waals surface area contributed by atoms with Crippen molar-refractivity contribution >= 4 is 17.1 Å². The second-order valence-corrected chi connectivity index (χ2v) is 10.0. The number of aromatic nitrogens is 2. The normalized spacial score (nSPS) is 14.2. The van der Waals surface area contributed by atoms with Crippen molar-refractivity contribution in [3.63, 3.8) is 0 Å². The fraction of sp³-hybridized carbons (Fsp3) is 0.355. The third-order valence-corrected chi connectivity index (χ3v) is 7.18. The molecule has 192 valence electrons. The Morgan fingerprint density at radius 1 is 0.892 bits per heavy atom. The molecule has 3 aromatic carbocycles. The number of rotatable bonds is 9. The highest BCUT2D eigenvalue weighted by atomic mass is 16.6. The zero-order chi connectivity index (χ0) is 25.5. The molecular formula is C31H36N4O2. The number of nitrogens with one attached hydrogen (secondary N) is 1. The molecule has 0 radical (unpaired) electrons. The van der Waals surface area contributed by atoms with E-state index in [1.54, 1.807) is 0 Å². The molecule has 1 saturated carbocycles. The SMILES string of the molecule is Cc1nc2cc(OC(=O)N(CCN(Cc3ccccc3)Cc3ccccc3)C3CCCCC3)ccc2[nH]1. The summed E-state index contributed by atoms with van der Waals surface area (Å²) in [7, 11) is 0. The van der Waals surface area contributed by atoms with Crippen LogP contribution in [0, 0.1) is 6.92 Å². The molecule has 0 saturated heterocycles. The zero-order valence-electron chi connectivity index (χ0n) is 21.6. The molecule has 1 aromatic heterocycles. The van der Waals surface area contributed by atoms with Gasteiger partial charge in [0.15, 0.2) is 0 Å². The molecule has 1 amide bonds. The average Bonchev–Trinajstić information content (AvgIpc) is 3.30. The number of H-pyrrole nitrogens is 1. The number of imidazole rings is 1. The lowest BCUT2D eigenvalue weighted by atomic mass is 9.94. The largest absolute Gasteiger partial charge is 0.415 e. The number of fused-ring (bicyclic) bond motifs is 1. The summed E-state index contributed by atoms with van der Waals surface area (Å²) in [6.07, 6.45) is 5.35. The van der Waals surface area contributed by atoms with Gasteiger partial charge in [-0.15, -0.1) is 0 Å². The van der Waals surface area contributed by atoms with Crippen LogP contribution in [0.4, 0.5) is 4.79 Å². The molecule has 1 heterocycles. The van der Waals surface area contributed by atoms with Crippen molar-refractivity contribution < 1.29 is 9.53 Å². The van der Waals surface area contributed by atoms with E-state index in [0.717, 1.165) is 62.2 Å². The van der Waals surface area contributed by atoms with Crippen molar-refractivity contribution in [2.75, 3.05) is 13.1 Å². The number of ether oxygens (including phenoxy) is 1. The van der Waals surface area contributed by atoms with Crippen LogP contribution in [0.5, 0.6) is 5.75 Å². The highest BCUT2D eigenvalue weighted by Gasteiger charge is 2.27. The molecule has 0 atom stereocenters. The predicted molar refractivity (Wildman–Crippen MR) is 147 cm³/mol. The summed E-state index contributed by atoms with van der Waals surface area (Å²) in [4.78, 5) is 25.6. The molecular weight excluding hydrogens is 460 g/mol. The van der Waals surface area contributed by atoms with Gasteiger partial charge in [0.1, 0.15) is 11.6 Å². The van der Waals surface area contributed by atoms with Crippen LogP contribution < -0.4 is 4.74 Å². The molecule has 0 spiro atoms. The van der Waals surface area contributed by atoms with Crippen molar-refractivity contribution in [3.05, 3.63) is 95.8 Å². The van der Waals surface area contributed by atoms with Gasteiger partial charge in [0.2, 0.25) is 0 Å². The maximum absolute atomic E-state index is 13.5. The predicted octanol–water partition coefficient (Wildman–Crippen LogP) is 6.71. The van der Waals surface area contributed by atoms with E-state index in [9.17, 15) is 4.79 Å². The number of carbonyl (C=O) groups is 1. The van der Waals surface area contributed by atoms with E-state index in [0.29, 0.717) is 12.3 Å². The zero-order valence-corrected chi connectivity index (χ0v) is 21.6. The summed E-state index contributed by atoms with van der Waals surface area (Å²) in [6.45, 7) is 4.99. The third kappa shape index (κ3) is 6.77. The standard InChI is InChI=1S/C31H36N4O2/c1-24-32-29-18-17-28(21-30(29)33-24)37-31(36)35(27-15-9-4-10-16-27)20-19-34(22-25-11-5-2-6-12-25)23-26-13-7-3-8-14-26/h2-3,5-8,11-14,17-18,21,27H,4,9-10,15-16,19-20,22-23H2,1H3,(H,32,33). The molecule has 0 aliphatic heterocycles. The molecule has 4 aromatic rings. The van der Waals surface area contributed by atoms with Gasteiger partial charge in [-0.1, -0.05) is 79.9 Å². The molecule has 1 fully saturated rings. The minimum absolute atomic E-state index is 0.216. The number of aromatic amines is 1. The third-order valence-electron chi connectivity index (χ3n) is 7.18. The molecule has 1 aliphatic rings. The van der Waals surface area contributed by atoms with Crippen LogP contribution >= 0.6 is 0 Å². The Kier molecular flexibility index (Phi) is 8.16. The van der Waals surface area contributed by atoms with E-state index in [1.165, 1.54) is 17.5 Å². The van der Waals surface area contributed by atoms with Crippen LogP contribution in [0.1, 0.15) is 49.1 Å². The van der Waals surface area contributed by atoms with E-state index in [-0.39, 0.29) is 12.1 Å². The average molecular weight is 497 g/mol. The van der Waals surface area contributed by atoms with Crippen LogP contribution in [-0.4, -0.2) is 45.0 Å². The number of amides is 1. The Bertz CT molecular complexity index is 1240. The first kappa shape index (κ1) is 25.0. The van der Waals surface area contributed by atoms with Crippen molar-refractivity contribution in [1.29, 1.82) is 0 Å². The highest BCUT2D eigenvalue weighted by Crippen LogP contribution is 2.25. The molecule has 1 N–H and O–H groups in total. The molecule has 0 bridgehead atoms. The smallest absolute Gasteiger partial charge is 0.410 e. The van der Waals surface area contributed by atoms with Crippen molar-refractivity contribution in [2.24, 2.45) is 0 Å². The summed E-state index contributed by atoms with van der Waals surface area (Å²) in [6, 6.07) is 26.9. The second kappa shape index (κ2) is 12.1. The van der Waals surface area contributed by atoms with E-state index >= 15 is 0 Å². The maximum Gasteiger partial charge on any atom is 0.415 e. The number of hydrogen-bond donors (Lipinski definition) is 1. The van der Waals surface area contributed by atoms with Gasteiger partial charge in [-0.25, -0.2) is 9.78 Å². The first-order chi connectivity index (χ1) is 18.1. The van der Waals surface area contributed by atoms with Gasteiger partial charge in [-0.05, 0) is 43.0 Å². The van der Waals surface area contributed by atoms with Crippen molar-refractivity contribution in [3.8, 4) is 5.75 Å². The van der Waals surface area contributed by atoms with Gasteiger partial charge in [-0.3, -0.25) is 4.90 Å². The lowest BCUT2D eigenvalue weighted by Crippen LogP contribution is -2.46. The van der Waals surface area contributed by atoms with Crippen LogP contribution in [-0.2, 0) is 13.1 Å². The minimum atomic E-state index is -0.266. The van der Waals surface area contributed by atoms with Crippen LogP contribution in [0.25, 0.3) is 11.0 Å². The van der Waals surface area contributed by atoms with Gasteiger partial charge in [0.25, 0.3) is 0 Å². The van der Waals surface area contributed by atoms with Crippen LogP contribution in [0.3, 0.4) is 0 Å². The summed E-state index contributed by atoms with van der Waals surface area (Å²) in [5, 5.41) is 0. The van der Waals surface area contributed by atoms with E-state index < -0.39 is 0 Å². The lowest BCUT2D eigenvalue weighted by molar-refractivity contribution is 0.105. The summed E-state index contributed by atoms with van der Waals surface area (Å²) in [5.74, 6) is 1.38. The molecule has 0 unspecified atom stereocenters. The maximum atomic E-state index is 13.5. The highest BCUT2D eigenvalue weighted by molar-refractivity contribution is 5.78. The summed E-state index contributed by atoms with van der Waals surface area (Å²) in [5.41, 5.74) is 4.29. The monoisotopic (exact) mass is 496 g/mol. The number of hydrogen-bond acceptors (Lipinski definition) is 4. The molecule has 37 heavy (non-hydrogen) atoms. The summed E-state index contributed by atoms with van der Waals surface area (Å²) < 4.78 is 5.93. The van der Waals surface area contributed by atoms with Gasteiger partial charge in [-0.2, -0.15) is 0 Å². The van der Waals surface area contributed by atoms with Gasteiger partial charge >= 0.3 is 6.09 Å². The van der Waals surface area contributed by atoms with Crippen molar-refractivity contribution in [2.45, 2.75) is 58.2 Å². The lowest BCUT2D eigenvalue weighted by Gasteiger charge is -2.35. The van der Waals surface area contributed by atoms with E-state index in [1.807, 2.05) is 42.2 Å². The summed E-state index contributed by atoms with van der Waals surface area (Å²) >= 11 is 0. The quantitative estimate of drug-likeness (QED) is 0.280. The minimum Gasteiger partial charge on any atom is -0.410 e. The Hall–Kier alpha value is -3.64. The number of nitrogens with zero attached hydrogens (tertiary/aromatic N) is 3. The molecule has 1 aliphatic carbocycles. The topological polar surface area (TPSA) is 61.5 Å². The fourth-order valence-electron chi connectivity index (χ4n) is 5.30. The fourth-order valence-corrected chi connectivity index (χ4v) is 5.30. The Morgan fingerprint density at radius 2 is 1.54 bits per heavy atom. The first-order valence-corrected chi connectivity index (χ1v) is 13.4. The van der Waals surface area contributed by atoms with E-state index in [4.69, 9.17) is 4.74 Å². The number of aryl methyl sites for hydroxylation is 1. The van der Waals surface area contributed by atoms with Crippen LogP contribution in [0.15, 0.2) is 78.9 Å². The van der Waals surface area contributed by atoms with E-state index in [2.05, 4.69) is 63.4 Å². The van der Waals surface area contributed by atoms with Gasteiger partial charge in [0, 0.05) is 38.3 Å². The Morgan fingerprint density at radius 3 is 2.19 bits per heavy atom. The Labute approximate surface area is 219 Å². The van der Waals surface area contributed by atoms with Gasteiger partial charge < -0.3 is 14.6 Å². The molecule has 5 rings (SSSR count). The van der Waals surface area contributed by atoms with Crippen LogP contribution in [0.2, 0.25) is 0 Å². The molecule has 6 nitrogen and oxygen atoms in total. The first-order valence-electron chi connectivity index (χ1n) is 13.4. The molecule has 6 heteroatoms. The van der Waals surface area contributed by atoms with Crippen molar-refractivity contribution in [1.82, 2.24) is 19.8 Å². The Balaban J connectivity index is 1.31. The number of benzene rings is 3. The second-order valence-electron chi connectivity index (χ2n) is 10.0. The number of carbonyl (C=O) groups excluding carboxylic acids is 1. The van der Waals surface area contributed by atoms with Gasteiger partial charge in [0.05, 0.1) is 11.0 Å².